The molecule has 158 valence electrons. The topological polar surface area (TPSA) is 81.9 Å². The first kappa shape index (κ1) is 19.4. The van der Waals surface area contributed by atoms with E-state index < -0.39 is 11.9 Å². The number of anilines is 1. The predicted octanol–water partition coefficient (Wildman–Crippen LogP) is 3.20. The Labute approximate surface area is 174 Å². The molecule has 0 amide bonds. The zero-order valence-corrected chi connectivity index (χ0v) is 16.5. The molecular formula is C18H17ClF3N7O. The van der Waals surface area contributed by atoms with Crippen molar-refractivity contribution in [3.8, 4) is 11.4 Å². The lowest BCUT2D eigenvalue weighted by Gasteiger charge is -2.28. The number of rotatable bonds is 4. The molecule has 8 nitrogen and oxygen atoms in total. The largest absolute Gasteiger partial charge is 0.434 e. The summed E-state index contributed by atoms with van der Waals surface area (Å²) in [4.78, 5) is 22.5. The van der Waals surface area contributed by atoms with Crippen LogP contribution in [0.2, 0.25) is 5.28 Å². The highest BCUT2D eigenvalue weighted by Gasteiger charge is 2.37. The maximum absolute atomic E-state index is 13.6. The molecule has 0 bridgehead atoms. The number of nitrogens with zero attached hydrogens (tertiary/aromatic N) is 7. The second-order valence-electron chi connectivity index (χ2n) is 7.36. The summed E-state index contributed by atoms with van der Waals surface area (Å²) in [7, 11) is 0. The molecular weight excluding hydrogens is 423 g/mol. The van der Waals surface area contributed by atoms with Gasteiger partial charge in [0.15, 0.2) is 28.5 Å². The normalized spacial score (nSPS) is 17.7. The second kappa shape index (κ2) is 7.31. The lowest BCUT2D eigenvalue weighted by atomic mass is 10.2. The fourth-order valence-electron chi connectivity index (χ4n) is 3.52. The van der Waals surface area contributed by atoms with Crippen LogP contribution in [-0.2, 0) is 17.5 Å². The minimum Gasteiger partial charge on any atom is -0.378 e. The predicted molar refractivity (Wildman–Crippen MR) is 102 cm³/mol. The smallest absolute Gasteiger partial charge is 0.378 e. The SMILES string of the molecule is FC(F)(F)c1ncncc1-c1nc(N2CCOCC2)c2nc(Cl)n(CC3CC3)c2n1. The number of ether oxygens (including phenoxy) is 1. The van der Waals surface area contributed by atoms with E-state index in [9.17, 15) is 13.2 Å². The fourth-order valence-corrected chi connectivity index (χ4v) is 3.75. The van der Waals surface area contributed by atoms with Gasteiger partial charge in [-0.2, -0.15) is 13.2 Å². The van der Waals surface area contributed by atoms with Crippen LogP contribution >= 0.6 is 11.6 Å². The molecule has 2 aliphatic rings. The van der Waals surface area contributed by atoms with Gasteiger partial charge in [-0.05, 0) is 30.4 Å². The van der Waals surface area contributed by atoms with Crippen LogP contribution in [0.25, 0.3) is 22.6 Å². The molecule has 2 fully saturated rings. The Hall–Kier alpha value is -2.53. The average Bonchev–Trinajstić information content (AvgIpc) is 3.51. The zero-order valence-electron chi connectivity index (χ0n) is 15.7. The molecule has 5 rings (SSSR count). The van der Waals surface area contributed by atoms with Gasteiger partial charge in [0, 0.05) is 25.8 Å². The highest BCUT2D eigenvalue weighted by atomic mass is 35.5. The Bertz CT molecular complexity index is 1090. The summed E-state index contributed by atoms with van der Waals surface area (Å²) in [5.74, 6) is 0.799. The fraction of sp³-hybridized carbons (Fsp3) is 0.500. The van der Waals surface area contributed by atoms with Crippen molar-refractivity contribution in [1.29, 1.82) is 0 Å². The summed E-state index contributed by atoms with van der Waals surface area (Å²) >= 11 is 6.39. The van der Waals surface area contributed by atoms with Crippen LogP contribution in [0.3, 0.4) is 0 Å². The van der Waals surface area contributed by atoms with Crippen LogP contribution < -0.4 is 4.90 Å². The first-order valence-electron chi connectivity index (χ1n) is 9.56. The Kier molecular flexibility index (Phi) is 4.73. The van der Waals surface area contributed by atoms with Crippen molar-refractivity contribution in [3.63, 3.8) is 0 Å². The Morgan fingerprint density at radius 3 is 2.60 bits per heavy atom. The van der Waals surface area contributed by atoms with E-state index in [0.29, 0.717) is 55.7 Å². The molecule has 0 atom stereocenters. The molecule has 30 heavy (non-hydrogen) atoms. The third kappa shape index (κ3) is 3.56. The number of hydrogen-bond acceptors (Lipinski definition) is 7. The Balaban J connectivity index is 1.73. The van der Waals surface area contributed by atoms with Gasteiger partial charge in [-0.15, -0.1) is 0 Å². The molecule has 0 spiro atoms. The summed E-state index contributed by atoms with van der Waals surface area (Å²) in [5.41, 5.74) is -0.479. The van der Waals surface area contributed by atoms with E-state index in [0.717, 1.165) is 25.4 Å². The lowest BCUT2D eigenvalue weighted by molar-refractivity contribution is -0.140. The number of hydrogen-bond donors (Lipinski definition) is 0. The number of morpholine rings is 1. The van der Waals surface area contributed by atoms with Gasteiger partial charge < -0.3 is 9.64 Å². The number of imidazole rings is 1. The maximum Gasteiger partial charge on any atom is 0.434 e. The molecule has 0 unspecified atom stereocenters. The van der Waals surface area contributed by atoms with Gasteiger partial charge in [-0.3, -0.25) is 4.57 Å². The van der Waals surface area contributed by atoms with Gasteiger partial charge in [0.25, 0.3) is 0 Å². The third-order valence-corrected chi connectivity index (χ3v) is 5.49. The van der Waals surface area contributed by atoms with Gasteiger partial charge in [0.1, 0.15) is 6.33 Å². The summed E-state index contributed by atoms with van der Waals surface area (Å²) in [6.45, 7) is 2.66. The average molecular weight is 440 g/mol. The molecule has 0 aromatic carbocycles. The van der Waals surface area contributed by atoms with Crippen LogP contribution in [-0.4, -0.2) is 55.8 Å². The van der Waals surface area contributed by atoms with E-state index in [1.165, 1.54) is 0 Å². The first-order valence-corrected chi connectivity index (χ1v) is 9.93. The van der Waals surface area contributed by atoms with Crippen LogP contribution in [0, 0.1) is 5.92 Å². The van der Waals surface area contributed by atoms with Crippen molar-refractivity contribution in [2.75, 3.05) is 31.2 Å². The summed E-state index contributed by atoms with van der Waals surface area (Å²) in [6, 6.07) is 0. The van der Waals surface area contributed by atoms with E-state index >= 15 is 0 Å². The van der Waals surface area contributed by atoms with Crippen molar-refractivity contribution in [2.45, 2.75) is 25.6 Å². The van der Waals surface area contributed by atoms with Crippen LogP contribution in [0.15, 0.2) is 12.5 Å². The van der Waals surface area contributed by atoms with Crippen LogP contribution in [0.4, 0.5) is 19.0 Å². The summed E-state index contributed by atoms with van der Waals surface area (Å²) in [5, 5.41) is 0.248. The molecule has 0 N–H and O–H groups in total. The molecule has 0 radical (unpaired) electrons. The van der Waals surface area contributed by atoms with E-state index in [-0.39, 0.29) is 16.7 Å². The molecule has 3 aromatic rings. The van der Waals surface area contributed by atoms with Gasteiger partial charge in [0.2, 0.25) is 5.28 Å². The van der Waals surface area contributed by atoms with E-state index in [4.69, 9.17) is 16.3 Å². The van der Waals surface area contributed by atoms with Crippen molar-refractivity contribution in [2.24, 2.45) is 5.92 Å². The highest BCUT2D eigenvalue weighted by Crippen LogP contribution is 2.37. The standard InChI is InChI=1S/C18H17ClF3N7O/c19-17-25-12-15(28-3-5-30-6-4-28)26-14(27-16(12)29(17)8-10-1-2-10)11-7-23-9-24-13(11)18(20,21)22/h7,9-10H,1-6,8H2. The van der Waals surface area contributed by atoms with E-state index in [1.54, 1.807) is 4.57 Å². The molecule has 4 heterocycles. The minimum absolute atomic E-state index is 0.106. The Morgan fingerprint density at radius 2 is 1.90 bits per heavy atom. The summed E-state index contributed by atoms with van der Waals surface area (Å²) in [6.07, 6.45) is -0.559. The second-order valence-corrected chi connectivity index (χ2v) is 7.70. The van der Waals surface area contributed by atoms with Crippen molar-refractivity contribution < 1.29 is 17.9 Å². The van der Waals surface area contributed by atoms with Crippen molar-refractivity contribution in [3.05, 3.63) is 23.5 Å². The Morgan fingerprint density at radius 1 is 1.13 bits per heavy atom. The van der Waals surface area contributed by atoms with Gasteiger partial charge in [-0.1, -0.05) is 0 Å². The minimum atomic E-state index is -4.67. The maximum atomic E-state index is 13.6. The van der Waals surface area contributed by atoms with Crippen molar-refractivity contribution >= 4 is 28.6 Å². The number of fused-ring (bicyclic) bond motifs is 1. The van der Waals surface area contributed by atoms with Crippen LogP contribution in [0.5, 0.6) is 0 Å². The number of halogens is 4. The quantitative estimate of drug-likeness (QED) is 0.577. The van der Waals surface area contributed by atoms with Crippen LogP contribution in [0.1, 0.15) is 18.5 Å². The van der Waals surface area contributed by atoms with Gasteiger partial charge in [-0.25, -0.2) is 24.9 Å². The molecule has 1 saturated heterocycles. The lowest BCUT2D eigenvalue weighted by Crippen LogP contribution is -2.37. The highest BCUT2D eigenvalue weighted by molar-refractivity contribution is 6.29. The molecule has 1 saturated carbocycles. The first-order chi connectivity index (χ1) is 14.4. The zero-order chi connectivity index (χ0) is 20.9. The molecule has 12 heteroatoms. The van der Waals surface area contributed by atoms with Gasteiger partial charge >= 0.3 is 6.18 Å². The van der Waals surface area contributed by atoms with E-state index in [1.807, 2.05) is 4.90 Å². The third-order valence-electron chi connectivity index (χ3n) is 5.20. The molecule has 3 aromatic heterocycles. The molecule has 1 aliphatic heterocycles. The number of alkyl halides is 3. The monoisotopic (exact) mass is 439 g/mol. The summed E-state index contributed by atoms with van der Waals surface area (Å²) < 4.78 is 47.8. The number of aromatic nitrogens is 6. The molecule has 1 aliphatic carbocycles. The van der Waals surface area contributed by atoms with Gasteiger partial charge in [0.05, 0.1) is 18.8 Å². The van der Waals surface area contributed by atoms with E-state index in [2.05, 4.69) is 24.9 Å². The van der Waals surface area contributed by atoms with Crippen molar-refractivity contribution in [1.82, 2.24) is 29.5 Å².